The molecule has 0 fully saturated rings. The van der Waals surface area contributed by atoms with Gasteiger partial charge in [0.25, 0.3) is 0 Å². The SMILES string of the molecule is COc1cc(-c2ccccc2)c(-c2cccc[n+]2CCN)c(-c2ccccc2)c1.[O-][Cl+3]([O-])([O-])[O-]. The van der Waals surface area contributed by atoms with Crippen molar-refractivity contribution in [2.45, 2.75) is 6.54 Å². The molecule has 2 N–H and O–H groups in total. The van der Waals surface area contributed by atoms with Crippen LogP contribution in [0.5, 0.6) is 5.75 Å². The summed E-state index contributed by atoms with van der Waals surface area (Å²) in [5.41, 5.74) is 12.8. The minimum Gasteiger partial charge on any atom is -0.497 e. The van der Waals surface area contributed by atoms with Crippen LogP contribution in [0.25, 0.3) is 33.5 Å². The van der Waals surface area contributed by atoms with Gasteiger partial charge in [-0.05, 0) is 40.5 Å². The van der Waals surface area contributed by atoms with Crippen LogP contribution in [0, 0.1) is 10.2 Å². The lowest BCUT2D eigenvalue weighted by molar-refractivity contribution is -2.00. The number of benzene rings is 3. The average Bonchev–Trinajstić information content (AvgIpc) is 2.84. The third kappa shape index (κ3) is 6.85. The Kier molecular flexibility index (Phi) is 8.72. The lowest BCUT2D eigenvalue weighted by Gasteiger charge is -2.17. The van der Waals surface area contributed by atoms with E-state index in [1.807, 2.05) is 18.2 Å². The number of pyridine rings is 1. The maximum absolute atomic E-state index is 8.49. The number of hydrogen-bond donors (Lipinski definition) is 1. The number of nitrogens with zero attached hydrogens (tertiary/aromatic N) is 1. The fourth-order valence-corrected chi connectivity index (χ4v) is 3.74. The number of halogens is 1. The summed E-state index contributed by atoms with van der Waals surface area (Å²) in [7, 11) is -3.23. The van der Waals surface area contributed by atoms with Crippen LogP contribution < -0.4 is 33.7 Å². The van der Waals surface area contributed by atoms with E-state index in [4.69, 9.17) is 29.1 Å². The van der Waals surface area contributed by atoms with E-state index in [0.717, 1.165) is 40.2 Å². The van der Waals surface area contributed by atoms with E-state index in [-0.39, 0.29) is 0 Å². The first-order valence-corrected chi connectivity index (χ1v) is 11.7. The van der Waals surface area contributed by atoms with Crippen molar-refractivity contribution in [2.24, 2.45) is 5.73 Å². The molecule has 0 saturated carbocycles. The molecule has 0 bridgehead atoms. The van der Waals surface area contributed by atoms with E-state index in [1.165, 1.54) is 5.56 Å². The van der Waals surface area contributed by atoms with Gasteiger partial charge >= 0.3 is 0 Å². The predicted octanol–water partition coefficient (Wildman–Crippen LogP) is 0.186. The number of hydrogen-bond acceptors (Lipinski definition) is 6. The van der Waals surface area contributed by atoms with Gasteiger partial charge in [-0.15, -0.1) is 10.2 Å². The second-order valence-corrected chi connectivity index (χ2v) is 8.03. The van der Waals surface area contributed by atoms with Crippen molar-refractivity contribution in [3.8, 4) is 39.3 Å². The molecule has 7 nitrogen and oxygen atoms in total. The number of methoxy groups -OCH3 is 1. The number of rotatable bonds is 6. The number of ether oxygens (including phenoxy) is 1. The summed E-state index contributed by atoms with van der Waals surface area (Å²) >= 11 is 0. The van der Waals surface area contributed by atoms with Crippen LogP contribution >= 0.6 is 0 Å². The molecule has 0 amide bonds. The zero-order chi connectivity index (χ0) is 24.6. The van der Waals surface area contributed by atoms with Crippen molar-refractivity contribution < 1.29 is 38.2 Å². The summed E-state index contributed by atoms with van der Waals surface area (Å²) in [6.07, 6.45) is 2.09. The normalized spacial score (nSPS) is 10.9. The van der Waals surface area contributed by atoms with Crippen LogP contribution in [0.15, 0.2) is 97.2 Å². The molecule has 0 unspecified atom stereocenters. The Bertz CT molecular complexity index is 1130. The van der Waals surface area contributed by atoms with Gasteiger partial charge in [-0.25, -0.2) is 18.6 Å². The average molecular weight is 481 g/mol. The van der Waals surface area contributed by atoms with Crippen molar-refractivity contribution in [3.05, 3.63) is 97.2 Å². The van der Waals surface area contributed by atoms with Crippen LogP contribution in [0.2, 0.25) is 0 Å². The Hall–Kier alpha value is -3.30. The molecule has 4 rings (SSSR count). The topological polar surface area (TPSA) is 131 Å². The smallest absolute Gasteiger partial charge is 0.213 e. The van der Waals surface area contributed by atoms with Gasteiger partial charge in [-0.1, -0.05) is 60.7 Å². The van der Waals surface area contributed by atoms with Gasteiger partial charge in [-0.3, -0.25) is 0 Å². The van der Waals surface area contributed by atoms with Crippen LogP contribution in [0.4, 0.5) is 0 Å². The third-order valence-electron chi connectivity index (χ3n) is 5.08. The molecule has 3 aromatic carbocycles. The standard InChI is InChI=1S/C26H25N2O.ClHO4/c1-29-22-18-23(20-10-4-2-5-11-20)26(24(19-22)21-12-6-3-7-13-21)25-14-8-9-16-28(25)17-15-27;2-1(3,4)5/h2-14,16,18-19H,15,17,27H2,1H3;(H,2,3,4,5)/q+1;/p-1. The molecular weight excluding hydrogens is 456 g/mol. The molecule has 1 heterocycles. The summed E-state index contributed by atoms with van der Waals surface area (Å²) in [5, 5.41) is 0. The van der Waals surface area contributed by atoms with Crippen LogP contribution in [0.3, 0.4) is 0 Å². The van der Waals surface area contributed by atoms with Crippen LogP contribution in [-0.2, 0) is 6.54 Å². The summed E-state index contributed by atoms with van der Waals surface area (Å²) in [6.45, 7) is 1.34. The fourth-order valence-electron chi connectivity index (χ4n) is 3.74. The lowest BCUT2D eigenvalue weighted by atomic mass is 9.89. The first-order valence-electron chi connectivity index (χ1n) is 10.5. The molecule has 0 saturated heterocycles. The molecule has 0 aliphatic carbocycles. The van der Waals surface area contributed by atoms with Crippen LogP contribution in [0.1, 0.15) is 0 Å². The van der Waals surface area contributed by atoms with Gasteiger partial charge in [0.15, 0.2) is 12.7 Å². The summed E-state index contributed by atoms with van der Waals surface area (Å²) in [4.78, 5) is 0. The number of aromatic nitrogens is 1. The van der Waals surface area contributed by atoms with E-state index >= 15 is 0 Å². The molecule has 0 radical (unpaired) electrons. The minimum atomic E-state index is -4.94. The Balaban J connectivity index is 0.000000588. The highest BCUT2D eigenvalue weighted by molar-refractivity contribution is 5.93. The Morgan fingerprint density at radius 3 is 1.68 bits per heavy atom. The molecule has 0 aliphatic rings. The van der Waals surface area contributed by atoms with E-state index in [2.05, 4.69) is 83.6 Å². The molecule has 8 heteroatoms. The Morgan fingerprint density at radius 2 is 1.24 bits per heavy atom. The van der Waals surface area contributed by atoms with E-state index in [1.54, 1.807) is 7.11 Å². The van der Waals surface area contributed by atoms with Gasteiger partial charge in [0, 0.05) is 12.1 Å². The summed E-state index contributed by atoms with van der Waals surface area (Å²) in [6, 6.07) is 31.5. The largest absolute Gasteiger partial charge is 0.497 e. The van der Waals surface area contributed by atoms with Crippen LogP contribution in [-0.4, -0.2) is 13.7 Å². The molecule has 0 aliphatic heterocycles. The van der Waals surface area contributed by atoms with Gasteiger partial charge in [0.2, 0.25) is 5.69 Å². The molecule has 0 spiro atoms. The molecule has 0 atom stereocenters. The molecule has 176 valence electrons. The first kappa shape index (κ1) is 25.3. The third-order valence-corrected chi connectivity index (χ3v) is 5.08. The Labute approximate surface area is 200 Å². The second kappa shape index (κ2) is 11.7. The summed E-state index contributed by atoms with van der Waals surface area (Å²) < 4.78 is 41.9. The van der Waals surface area contributed by atoms with Gasteiger partial charge in [0.05, 0.1) is 19.2 Å². The quantitative estimate of drug-likeness (QED) is 0.392. The van der Waals surface area contributed by atoms with E-state index in [9.17, 15) is 0 Å². The maximum Gasteiger partial charge on any atom is 0.213 e. The van der Waals surface area contributed by atoms with Crippen molar-refractivity contribution in [1.82, 2.24) is 0 Å². The zero-order valence-electron chi connectivity index (χ0n) is 18.6. The fraction of sp³-hybridized carbons (Fsp3) is 0.115. The van der Waals surface area contributed by atoms with Crippen molar-refractivity contribution in [2.75, 3.05) is 13.7 Å². The molecule has 1 aromatic heterocycles. The van der Waals surface area contributed by atoms with E-state index in [0.29, 0.717) is 6.54 Å². The maximum atomic E-state index is 8.49. The Morgan fingerprint density at radius 1 is 0.765 bits per heavy atom. The zero-order valence-corrected chi connectivity index (χ0v) is 19.4. The van der Waals surface area contributed by atoms with Crippen molar-refractivity contribution in [3.63, 3.8) is 0 Å². The highest BCUT2D eigenvalue weighted by Gasteiger charge is 2.22. The highest BCUT2D eigenvalue weighted by Crippen LogP contribution is 2.41. The molecular formula is C26H25ClN2O5. The van der Waals surface area contributed by atoms with E-state index < -0.39 is 10.2 Å². The van der Waals surface area contributed by atoms with Gasteiger partial charge < -0.3 is 10.5 Å². The van der Waals surface area contributed by atoms with Crippen molar-refractivity contribution in [1.29, 1.82) is 0 Å². The molecule has 34 heavy (non-hydrogen) atoms. The van der Waals surface area contributed by atoms with Gasteiger partial charge in [0.1, 0.15) is 5.75 Å². The lowest BCUT2D eigenvalue weighted by Crippen LogP contribution is -2.68. The summed E-state index contributed by atoms with van der Waals surface area (Å²) in [5.74, 6) is 0.841. The minimum absolute atomic E-state index is 0.583. The highest BCUT2D eigenvalue weighted by atomic mass is 35.7. The second-order valence-electron chi connectivity index (χ2n) is 7.28. The first-order chi connectivity index (χ1) is 16.3. The monoisotopic (exact) mass is 480 g/mol. The number of nitrogens with two attached hydrogens (primary N) is 1. The molecule has 4 aromatic rings. The van der Waals surface area contributed by atoms with Gasteiger partial charge in [-0.2, -0.15) is 4.57 Å². The van der Waals surface area contributed by atoms with Crippen molar-refractivity contribution >= 4 is 0 Å². The predicted molar refractivity (Wildman–Crippen MR) is 119 cm³/mol.